The van der Waals surface area contributed by atoms with Gasteiger partial charge in [0, 0.05) is 18.5 Å². The lowest BCUT2D eigenvalue weighted by Gasteiger charge is -2.34. The fourth-order valence-electron chi connectivity index (χ4n) is 2.86. The molecule has 3 rings (SSSR count). The van der Waals surface area contributed by atoms with Gasteiger partial charge in [0.15, 0.2) is 17.3 Å². The number of carbonyl (C=O) groups is 1. The Morgan fingerprint density at radius 3 is 2.83 bits per heavy atom. The van der Waals surface area contributed by atoms with Gasteiger partial charge in [-0.25, -0.2) is 18.7 Å². The number of hydrogen-bond acceptors (Lipinski definition) is 4. The van der Waals surface area contributed by atoms with Crippen LogP contribution in [0.4, 0.5) is 8.78 Å². The number of aromatic amines is 1. The Hall–Kier alpha value is -2.38. The minimum atomic E-state index is -0.954. The van der Waals surface area contributed by atoms with Crippen molar-refractivity contribution in [3.05, 3.63) is 41.2 Å². The van der Waals surface area contributed by atoms with Crippen molar-refractivity contribution in [1.82, 2.24) is 25.1 Å². The average Bonchev–Trinajstić information content (AvgIpc) is 3.04. The first-order valence-corrected chi connectivity index (χ1v) is 8.01. The second-order valence-electron chi connectivity index (χ2n) is 6.23. The molecule has 8 heteroatoms. The fourth-order valence-corrected chi connectivity index (χ4v) is 2.86. The maximum Gasteiger partial charge on any atom is 0.276 e. The highest BCUT2D eigenvalue weighted by Crippen LogP contribution is 2.30. The molecule has 3 heterocycles. The number of carbonyl (C=O) groups excluding carboxylic acids is 1. The summed E-state index contributed by atoms with van der Waals surface area (Å²) >= 11 is 0. The van der Waals surface area contributed by atoms with Crippen LogP contribution in [-0.4, -0.2) is 37.5 Å². The largest absolute Gasteiger partial charge is 0.327 e. The minimum Gasteiger partial charge on any atom is -0.327 e. The van der Waals surface area contributed by atoms with Crippen molar-refractivity contribution in [3.8, 4) is 0 Å². The Morgan fingerprint density at radius 1 is 1.38 bits per heavy atom. The molecule has 0 aromatic carbocycles. The van der Waals surface area contributed by atoms with Gasteiger partial charge in [0.05, 0.1) is 12.2 Å². The number of nitrogens with one attached hydrogen (secondary N) is 1. The number of halogens is 2. The molecule has 0 saturated carbocycles. The summed E-state index contributed by atoms with van der Waals surface area (Å²) in [7, 11) is 0. The van der Waals surface area contributed by atoms with Crippen LogP contribution in [0.15, 0.2) is 12.3 Å². The van der Waals surface area contributed by atoms with Crippen LogP contribution in [0.3, 0.4) is 0 Å². The van der Waals surface area contributed by atoms with E-state index in [0.717, 1.165) is 19.0 Å². The maximum absolute atomic E-state index is 13.9. The summed E-state index contributed by atoms with van der Waals surface area (Å²) in [4.78, 5) is 22.3. The molecule has 1 atom stereocenters. The highest BCUT2D eigenvalue weighted by molar-refractivity contribution is 5.92. The molecule has 2 aromatic rings. The Balaban J connectivity index is 1.89. The number of piperidine rings is 1. The third kappa shape index (κ3) is 3.13. The number of amides is 1. The minimum absolute atomic E-state index is 0.166. The third-order valence-electron chi connectivity index (χ3n) is 4.13. The van der Waals surface area contributed by atoms with Crippen molar-refractivity contribution in [3.63, 3.8) is 0 Å². The average molecular weight is 335 g/mol. The Morgan fingerprint density at radius 2 is 2.17 bits per heavy atom. The number of nitrogens with zero attached hydrogens (tertiary/aromatic N) is 4. The first kappa shape index (κ1) is 16.5. The predicted octanol–water partition coefficient (Wildman–Crippen LogP) is 2.97. The van der Waals surface area contributed by atoms with Gasteiger partial charge in [-0.05, 0) is 19.3 Å². The molecule has 1 N–H and O–H groups in total. The van der Waals surface area contributed by atoms with Crippen LogP contribution >= 0.6 is 0 Å². The summed E-state index contributed by atoms with van der Waals surface area (Å²) in [6.07, 6.45) is 3.31. The van der Waals surface area contributed by atoms with Crippen molar-refractivity contribution < 1.29 is 13.6 Å². The van der Waals surface area contributed by atoms with Crippen molar-refractivity contribution in [2.24, 2.45) is 0 Å². The molecule has 1 aliphatic heterocycles. The van der Waals surface area contributed by atoms with Crippen LogP contribution in [-0.2, 0) is 0 Å². The van der Waals surface area contributed by atoms with Crippen LogP contribution in [0.2, 0.25) is 0 Å². The summed E-state index contributed by atoms with van der Waals surface area (Å²) < 4.78 is 26.9. The summed E-state index contributed by atoms with van der Waals surface area (Å²) in [5, 5.41) is 7.06. The van der Waals surface area contributed by atoms with E-state index in [1.165, 1.54) is 4.90 Å². The van der Waals surface area contributed by atoms with Gasteiger partial charge in [-0.2, -0.15) is 5.10 Å². The van der Waals surface area contributed by atoms with E-state index in [2.05, 4.69) is 20.2 Å². The molecule has 0 bridgehead atoms. The lowest BCUT2D eigenvalue weighted by atomic mass is 10.0. The number of H-pyrrole nitrogens is 1. The van der Waals surface area contributed by atoms with E-state index in [-0.39, 0.29) is 17.7 Å². The summed E-state index contributed by atoms with van der Waals surface area (Å²) in [5.41, 5.74) is -0.369. The monoisotopic (exact) mass is 335 g/mol. The molecule has 0 spiro atoms. The number of aromatic nitrogens is 4. The predicted molar refractivity (Wildman–Crippen MR) is 82.3 cm³/mol. The molecule has 1 amide bonds. The number of hydrogen-bond donors (Lipinski definition) is 1. The second-order valence-corrected chi connectivity index (χ2v) is 6.23. The van der Waals surface area contributed by atoms with E-state index in [1.807, 2.05) is 13.8 Å². The first-order valence-electron chi connectivity index (χ1n) is 8.01. The lowest BCUT2D eigenvalue weighted by Crippen LogP contribution is -2.39. The smallest absolute Gasteiger partial charge is 0.276 e. The van der Waals surface area contributed by atoms with E-state index in [1.54, 1.807) is 0 Å². The second kappa shape index (κ2) is 6.62. The molecule has 1 saturated heterocycles. The fraction of sp³-hybridized carbons (Fsp3) is 0.500. The Bertz CT molecular complexity index is 746. The number of likely N-dealkylation sites (tertiary alicyclic amines) is 1. The summed E-state index contributed by atoms with van der Waals surface area (Å²) in [6, 6.07) is 0.363. The molecular formula is C16H19F2N5O. The standard InChI is InChI=1S/C16H19F2N5O/c1-9(2)14-20-15(22-21-14)12-5-3-4-6-23(12)16(24)13-11(18)7-10(17)8-19-13/h7-9,12H,3-6H2,1-2H3,(H,20,21,22)/t12-/m1/s1. The molecule has 24 heavy (non-hydrogen) atoms. The Labute approximate surface area is 138 Å². The highest BCUT2D eigenvalue weighted by Gasteiger charge is 2.33. The van der Waals surface area contributed by atoms with Gasteiger partial charge in [-0.15, -0.1) is 0 Å². The van der Waals surface area contributed by atoms with E-state index in [0.29, 0.717) is 30.7 Å². The van der Waals surface area contributed by atoms with Gasteiger partial charge in [0.2, 0.25) is 0 Å². The molecule has 128 valence electrons. The summed E-state index contributed by atoms with van der Waals surface area (Å²) in [6.45, 7) is 4.43. The molecular weight excluding hydrogens is 316 g/mol. The quantitative estimate of drug-likeness (QED) is 0.936. The Kier molecular flexibility index (Phi) is 4.55. The van der Waals surface area contributed by atoms with E-state index < -0.39 is 17.5 Å². The molecule has 0 unspecified atom stereocenters. The van der Waals surface area contributed by atoms with Crippen molar-refractivity contribution in [1.29, 1.82) is 0 Å². The van der Waals surface area contributed by atoms with Crippen LogP contribution in [0, 0.1) is 11.6 Å². The lowest BCUT2D eigenvalue weighted by molar-refractivity contribution is 0.0588. The van der Waals surface area contributed by atoms with Crippen LogP contribution in [0.5, 0.6) is 0 Å². The molecule has 2 aromatic heterocycles. The van der Waals surface area contributed by atoms with E-state index in [4.69, 9.17) is 0 Å². The van der Waals surface area contributed by atoms with Crippen LogP contribution < -0.4 is 0 Å². The van der Waals surface area contributed by atoms with Crippen LogP contribution in [0.1, 0.15) is 67.2 Å². The topological polar surface area (TPSA) is 74.8 Å². The van der Waals surface area contributed by atoms with Gasteiger partial charge < -0.3 is 4.90 Å². The van der Waals surface area contributed by atoms with Gasteiger partial charge in [0.1, 0.15) is 11.6 Å². The molecule has 1 aliphatic rings. The van der Waals surface area contributed by atoms with Gasteiger partial charge in [-0.1, -0.05) is 13.8 Å². The highest BCUT2D eigenvalue weighted by atomic mass is 19.1. The maximum atomic E-state index is 13.9. The van der Waals surface area contributed by atoms with Crippen LogP contribution in [0.25, 0.3) is 0 Å². The number of pyridine rings is 1. The van der Waals surface area contributed by atoms with E-state index >= 15 is 0 Å². The van der Waals surface area contributed by atoms with Crippen molar-refractivity contribution in [2.75, 3.05) is 6.54 Å². The molecule has 0 aliphatic carbocycles. The first-order chi connectivity index (χ1) is 11.5. The molecule has 6 nitrogen and oxygen atoms in total. The van der Waals surface area contributed by atoms with E-state index in [9.17, 15) is 13.6 Å². The number of rotatable bonds is 3. The SMILES string of the molecule is CC(C)c1n[nH]c([C@H]2CCCCN2C(=O)c2ncc(F)cc2F)n1. The van der Waals surface area contributed by atoms with Crippen molar-refractivity contribution >= 4 is 5.91 Å². The van der Waals surface area contributed by atoms with Gasteiger partial charge >= 0.3 is 0 Å². The van der Waals surface area contributed by atoms with Gasteiger partial charge in [0.25, 0.3) is 5.91 Å². The zero-order chi connectivity index (χ0) is 17.3. The van der Waals surface area contributed by atoms with Gasteiger partial charge in [-0.3, -0.25) is 9.89 Å². The normalized spacial score (nSPS) is 18.2. The molecule has 0 radical (unpaired) electrons. The van der Waals surface area contributed by atoms with Crippen molar-refractivity contribution in [2.45, 2.75) is 45.1 Å². The summed E-state index contributed by atoms with van der Waals surface area (Å²) in [5.74, 6) is -0.886. The third-order valence-corrected chi connectivity index (χ3v) is 4.13. The zero-order valence-electron chi connectivity index (χ0n) is 13.6. The zero-order valence-corrected chi connectivity index (χ0v) is 13.6. The molecule has 1 fully saturated rings.